The van der Waals surface area contributed by atoms with Gasteiger partial charge in [-0.2, -0.15) is 0 Å². The molecule has 1 heterocycles. The molecule has 2 atom stereocenters. The van der Waals surface area contributed by atoms with Crippen molar-refractivity contribution in [2.24, 2.45) is 11.7 Å². The molecule has 5 heteroatoms. The predicted molar refractivity (Wildman–Crippen MR) is 77.3 cm³/mol. The number of anilines is 1. The molecule has 0 aliphatic rings. The third-order valence-electron chi connectivity index (χ3n) is 3.33. The van der Waals surface area contributed by atoms with Gasteiger partial charge in [0.1, 0.15) is 6.26 Å². The van der Waals surface area contributed by atoms with Crippen molar-refractivity contribution in [3.63, 3.8) is 0 Å². The van der Waals surface area contributed by atoms with E-state index in [1.54, 1.807) is 0 Å². The third kappa shape index (κ3) is 3.24. The van der Waals surface area contributed by atoms with Gasteiger partial charge >= 0.3 is 0 Å². The van der Waals surface area contributed by atoms with Crippen molar-refractivity contribution >= 4 is 11.6 Å². The summed E-state index contributed by atoms with van der Waals surface area (Å²) in [5.41, 5.74) is 6.98. The lowest BCUT2D eigenvalue weighted by atomic mass is 10.0. The number of hydrogen-bond donors (Lipinski definition) is 2. The number of nitrogens with two attached hydrogens (primary N) is 1. The van der Waals surface area contributed by atoms with Crippen LogP contribution in [-0.2, 0) is 0 Å². The monoisotopic (exact) mass is 273 g/mol. The summed E-state index contributed by atoms with van der Waals surface area (Å²) >= 11 is 0. The van der Waals surface area contributed by atoms with Gasteiger partial charge in [0.15, 0.2) is 5.69 Å². The molecular formula is C15H19N3O2. The van der Waals surface area contributed by atoms with E-state index in [1.807, 2.05) is 37.3 Å². The van der Waals surface area contributed by atoms with Gasteiger partial charge in [-0.05, 0) is 18.1 Å². The highest BCUT2D eigenvalue weighted by molar-refractivity contribution is 6.02. The lowest BCUT2D eigenvalue weighted by Gasteiger charge is -2.13. The van der Waals surface area contributed by atoms with Crippen LogP contribution >= 0.6 is 0 Å². The number of amides is 1. The Bertz CT molecular complexity index is 566. The Kier molecular flexibility index (Phi) is 4.53. The van der Waals surface area contributed by atoms with Crippen LogP contribution in [0.4, 0.5) is 5.69 Å². The SMILES string of the molecule is CCC(C)C(N)c1nc(C(=O)Nc2ccccc2)co1. The Labute approximate surface area is 118 Å². The summed E-state index contributed by atoms with van der Waals surface area (Å²) in [6.07, 6.45) is 2.27. The first-order chi connectivity index (χ1) is 9.61. The fourth-order valence-electron chi connectivity index (χ4n) is 1.76. The van der Waals surface area contributed by atoms with Crippen LogP contribution in [0.2, 0.25) is 0 Å². The number of nitrogens with one attached hydrogen (secondary N) is 1. The first-order valence-electron chi connectivity index (χ1n) is 6.69. The molecule has 0 aliphatic heterocycles. The number of benzene rings is 1. The summed E-state index contributed by atoms with van der Waals surface area (Å²) in [6.45, 7) is 4.08. The number of para-hydroxylation sites is 1. The maximum Gasteiger partial charge on any atom is 0.277 e. The molecule has 0 spiro atoms. The Balaban J connectivity index is 2.07. The van der Waals surface area contributed by atoms with Crippen LogP contribution in [0.1, 0.15) is 42.7 Å². The average molecular weight is 273 g/mol. The standard InChI is InChI=1S/C15H19N3O2/c1-3-10(2)13(16)15-18-12(9-20-15)14(19)17-11-7-5-4-6-8-11/h4-10,13H,3,16H2,1-2H3,(H,17,19). The summed E-state index contributed by atoms with van der Waals surface area (Å²) in [5.74, 6) is 0.346. The molecule has 0 bridgehead atoms. The van der Waals surface area contributed by atoms with E-state index >= 15 is 0 Å². The highest BCUT2D eigenvalue weighted by atomic mass is 16.3. The van der Waals surface area contributed by atoms with Gasteiger partial charge in [0.2, 0.25) is 5.89 Å². The quantitative estimate of drug-likeness (QED) is 0.877. The molecule has 0 aliphatic carbocycles. The third-order valence-corrected chi connectivity index (χ3v) is 3.33. The average Bonchev–Trinajstić information content (AvgIpc) is 2.96. The van der Waals surface area contributed by atoms with Crippen molar-refractivity contribution < 1.29 is 9.21 Å². The fraction of sp³-hybridized carbons (Fsp3) is 0.333. The smallest absolute Gasteiger partial charge is 0.277 e. The van der Waals surface area contributed by atoms with E-state index in [9.17, 15) is 4.79 Å². The number of carbonyl (C=O) groups excluding carboxylic acids is 1. The first-order valence-corrected chi connectivity index (χ1v) is 6.69. The summed E-state index contributed by atoms with van der Waals surface area (Å²) in [7, 11) is 0. The second-order valence-electron chi connectivity index (χ2n) is 4.80. The molecule has 106 valence electrons. The molecule has 3 N–H and O–H groups in total. The Morgan fingerprint density at radius 3 is 2.75 bits per heavy atom. The van der Waals surface area contributed by atoms with E-state index < -0.39 is 0 Å². The minimum Gasteiger partial charge on any atom is -0.446 e. The lowest BCUT2D eigenvalue weighted by Crippen LogP contribution is -2.19. The molecular weight excluding hydrogens is 254 g/mol. The molecule has 1 aromatic heterocycles. The molecule has 20 heavy (non-hydrogen) atoms. The second kappa shape index (κ2) is 6.34. The second-order valence-corrected chi connectivity index (χ2v) is 4.80. The van der Waals surface area contributed by atoms with Crippen molar-refractivity contribution in [3.05, 3.63) is 48.2 Å². The van der Waals surface area contributed by atoms with Gasteiger partial charge in [-0.1, -0.05) is 38.5 Å². The Hall–Kier alpha value is -2.14. The van der Waals surface area contributed by atoms with E-state index in [1.165, 1.54) is 6.26 Å². The fourth-order valence-corrected chi connectivity index (χ4v) is 1.76. The Morgan fingerprint density at radius 1 is 1.40 bits per heavy atom. The maximum absolute atomic E-state index is 12.0. The van der Waals surface area contributed by atoms with Gasteiger partial charge in [0, 0.05) is 5.69 Å². The van der Waals surface area contributed by atoms with Gasteiger partial charge in [-0.3, -0.25) is 4.79 Å². The van der Waals surface area contributed by atoms with Crippen molar-refractivity contribution in [3.8, 4) is 0 Å². The van der Waals surface area contributed by atoms with Crippen LogP contribution in [0.15, 0.2) is 41.0 Å². The van der Waals surface area contributed by atoms with Gasteiger partial charge in [-0.15, -0.1) is 0 Å². The Morgan fingerprint density at radius 2 is 2.10 bits per heavy atom. The van der Waals surface area contributed by atoms with Crippen molar-refractivity contribution in [2.45, 2.75) is 26.3 Å². The van der Waals surface area contributed by atoms with Crippen molar-refractivity contribution in [1.82, 2.24) is 4.98 Å². The first kappa shape index (κ1) is 14.3. The summed E-state index contributed by atoms with van der Waals surface area (Å²) < 4.78 is 5.31. The number of hydrogen-bond acceptors (Lipinski definition) is 4. The summed E-state index contributed by atoms with van der Waals surface area (Å²) in [4.78, 5) is 16.2. The van der Waals surface area contributed by atoms with Crippen LogP contribution in [0, 0.1) is 5.92 Å². The van der Waals surface area contributed by atoms with Gasteiger partial charge in [-0.25, -0.2) is 4.98 Å². The van der Waals surface area contributed by atoms with E-state index in [4.69, 9.17) is 10.2 Å². The normalized spacial score (nSPS) is 13.8. The van der Waals surface area contributed by atoms with Gasteiger partial charge in [0.25, 0.3) is 5.91 Å². The molecule has 0 radical (unpaired) electrons. The molecule has 1 aromatic carbocycles. The van der Waals surface area contributed by atoms with Gasteiger partial charge in [0.05, 0.1) is 6.04 Å². The zero-order chi connectivity index (χ0) is 14.5. The lowest BCUT2D eigenvalue weighted by molar-refractivity contribution is 0.102. The van der Waals surface area contributed by atoms with Crippen molar-refractivity contribution in [1.29, 1.82) is 0 Å². The molecule has 2 rings (SSSR count). The molecule has 1 amide bonds. The number of oxazole rings is 1. The molecule has 2 aromatic rings. The van der Waals surface area contributed by atoms with Crippen LogP contribution in [-0.4, -0.2) is 10.9 Å². The van der Waals surface area contributed by atoms with Crippen LogP contribution in [0.5, 0.6) is 0 Å². The topological polar surface area (TPSA) is 81.1 Å². The minimum atomic E-state index is -0.303. The predicted octanol–water partition coefficient (Wildman–Crippen LogP) is 2.97. The van der Waals surface area contributed by atoms with E-state index in [-0.39, 0.29) is 23.6 Å². The maximum atomic E-state index is 12.0. The molecule has 2 unspecified atom stereocenters. The zero-order valence-electron chi connectivity index (χ0n) is 11.7. The number of carbonyl (C=O) groups is 1. The van der Waals surface area contributed by atoms with E-state index in [0.29, 0.717) is 11.6 Å². The molecule has 0 saturated carbocycles. The minimum absolute atomic E-state index is 0.239. The molecule has 0 saturated heterocycles. The molecule has 5 nitrogen and oxygen atoms in total. The summed E-state index contributed by atoms with van der Waals surface area (Å²) in [5, 5.41) is 2.75. The van der Waals surface area contributed by atoms with Crippen LogP contribution < -0.4 is 11.1 Å². The number of aromatic nitrogens is 1. The van der Waals surface area contributed by atoms with E-state index in [0.717, 1.165) is 6.42 Å². The van der Waals surface area contributed by atoms with E-state index in [2.05, 4.69) is 17.2 Å². The largest absolute Gasteiger partial charge is 0.446 e. The summed E-state index contributed by atoms with van der Waals surface area (Å²) in [6, 6.07) is 8.91. The van der Waals surface area contributed by atoms with Gasteiger partial charge < -0.3 is 15.5 Å². The zero-order valence-corrected chi connectivity index (χ0v) is 11.7. The van der Waals surface area contributed by atoms with Crippen LogP contribution in [0.3, 0.4) is 0 Å². The van der Waals surface area contributed by atoms with Crippen molar-refractivity contribution in [2.75, 3.05) is 5.32 Å². The highest BCUT2D eigenvalue weighted by Crippen LogP contribution is 2.21. The number of rotatable bonds is 5. The number of nitrogens with zero attached hydrogens (tertiary/aromatic N) is 1. The molecule has 0 fully saturated rings. The highest BCUT2D eigenvalue weighted by Gasteiger charge is 2.20. The van der Waals surface area contributed by atoms with Crippen LogP contribution in [0.25, 0.3) is 0 Å².